The van der Waals surface area contributed by atoms with Gasteiger partial charge in [0.25, 0.3) is 0 Å². The Hall–Kier alpha value is -0.830. The standard InChI is InChI=1S/C18H31N3/c1-3-8-19-17(18-7-9-20-21(18)10-4-2)13-16-12-14-5-6-15(16)11-14/h7,9,14-17,19H,3-6,8,10-13H2,1-2H3. The van der Waals surface area contributed by atoms with Gasteiger partial charge in [0.05, 0.1) is 5.69 Å². The van der Waals surface area contributed by atoms with Gasteiger partial charge in [-0.15, -0.1) is 0 Å². The highest BCUT2D eigenvalue weighted by Crippen LogP contribution is 2.50. The van der Waals surface area contributed by atoms with E-state index >= 15 is 0 Å². The first-order valence-electron chi connectivity index (χ1n) is 9.06. The zero-order chi connectivity index (χ0) is 14.7. The molecule has 0 radical (unpaired) electrons. The minimum absolute atomic E-state index is 0.503. The topological polar surface area (TPSA) is 29.9 Å². The number of aromatic nitrogens is 2. The molecular formula is C18H31N3. The Morgan fingerprint density at radius 2 is 2.19 bits per heavy atom. The van der Waals surface area contributed by atoms with E-state index in [9.17, 15) is 0 Å². The van der Waals surface area contributed by atoms with Crippen LogP contribution in [0.5, 0.6) is 0 Å². The van der Waals surface area contributed by atoms with Crippen molar-refractivity contribution in [1.82, 2.24) is 15.1 Å². The largest absolute Gasteiger partial charge is 0.309 e. The summed E-state index contributed by atoms with van der Waals surface area (Å²) in [6.07, 6.45) is 11.6. The van der Waals surface area contributed by atoms with Gasteiger partial charge in [-0.25, -0.2) is 0 Å². The van der Waals surface area contributed by atoms with Crippen molar-refractivity contribution in [3.05, 3.63) is 18.0 Å². The summed E-state index contributed by atoms with van der Waals surface area (Å²) >= 11 is 0. The molecule has 2 aliphatic carbocycles. The van der Waals surface area contributed by atoms with Crippen molar-refractivity contribution >= 4 is 0 Å². The van der Waals surface area contributed by atoms with E-state index in [1.807, 2.05) is 6.20 Å². The second-order valence-electron chi connectivity index (χ2n) is 7.16. The van der Waals surface area contributed by atoms with Crippen LogP contribution >= 0.6 is 0 Å². The molecular weight excluding hydrogens is 258 g/mol. The van der Waals surface area contributed by atoms with Gasteiger partial charge in [-0.3, -0.25) is 4.68 Å². The van der Waals surface area contributed by atoms with Crippen LogP contribution < -0.4 is 5.32 Å². The van der Waals surface area contributed by atoms with Crippen LogP contribution in [0, 0.1) is 17.8 Å². The summed E-state index contributed by atoms with van der Waals surface area (Å²) < 4.78 is 2.22. The van der Waals surface area contributed by atoms with Gasteiger partial charge in [-0.05, 0) is 68.9 Å². The molecule has 1 heterocycles. The highest BCUT2D eigenvalue weighted by atomic mass is 15.3. The van der Waals surface area contributed by atoms with E-state index in [4.69, 9.17) is 0 Å². The van der Waals surface area contributed by atoms with E-state index in [1.54, 1.807) is 0 Å². The van der Waals surface area contributed by atoms with Crippen LogP contribution in [-0.2, 0) is 6.54 Å². The lowest BCUT2D eigenvalue weighted by Gasteiger charge is -2.28. The summed E-state index contributed by atoms with van der Waals surface area (Å²) in [4.78, 5) is 0. The lowest BCUT2D eigenvalue weighted by molar-refractivity contribution is 0.273. The van der Waals surface area contributed by atoms with Gasteiger partial charge in [-0.2, -0.15) is 5.10 Å². The average molecular weight is 289 g/mol. The zero-order valence-corrected chi connectivity index (χ0v) is 13.7. The van der Waals surface area contributed by atoms with Gasteiger partial charge in [0.15, 0.2) is 0 Å². The maximum Gasteiger partial charge on any atom is 0.0553 e. The minimum Gasteiger partial charge on any atom is -0.309 e. The summed E-state index contributed by atoms with van der Waals surface area (Å²) in [6, 6.07) is 2.74. The molecule has 3 rings (SSSR count). The number of nitrogens with one attached hydrogen (secondary N) is 1. The zero-order valence-electron chi connectivity index (χ0n) is 13.7. The van der Waals surface area contributed by atoms with Crippen LogP contribution in [0.3, 0.4) is 0 Å². The molecule has 1 aromatic rings. The van der Waals surface area contributed by atoms with Gasteiger partial charge < -0.3 is 5.32 Å². The molecule has 3 heteroatoms. The van der Waals surface area contributed by atoms with E-state index in [1.165, 1.54) is 44.2 Å². The Labute approximate surface area is 129 Å². The van der Waals surface area contributed by atoms with Gasteiger partial charge in [0.2, 0.25) is 0 Å². The average Bonchev–Trinajstić information content (AvgIpc) is 3.20. The molecule has 2 fully saturated rings. The first-order valence-corrected chi connectivity index (χ1v) is 9.06. The summed E-state index contributed by atoms with van der Waals surface area (Å²) in [5, 5.41) is 8.33. The first-order chi connectivity index (χ1) is 10.3. The molecule has 0 aliphatic heterocycles. The number of hydrogen-bond acceptors (Lipinski definition) is 2. The smallest absolute Gasteiger partial charge is 0.0553 e. The normalized spacial score (nSPS) is 29.1. The van der Waals surface area contributed by atoms with Crippen LogP contribution in [0.4, 0.5) is 0 Å². The number of aryl methyl sites for hydroxylation is 1. The van der Waals surface area contributed by atoms with Gasteiger partial charge in [0, 0.05) is 18.8 Å². The lowest BCUT2D eigenvalue weighted by atomic mass is 9.83. The quantitative estimate of drug-likeness (QED) is 0.778. The molecule has 0 saturated heterocycles. The highest BCUT2D eigenvalue weighted by molar-refractivity contribution is 5.08. The van der Waals surface area contributed by atoms with Crippen molar-refractivity contribution < 1.29 is 0 Å². The van der Waals surface area contributed by atoms with E-state index < -0.39 is 0 Å². The molecule has 2 aliphatic rings. The minimum atomic E-state index is 0.503. The predicted octanol–water partition coefficient (Wildman–Crippen LogP) is 4.16. The fourth-order valence-corrected chi connectivity index (χ4v) is 4.63. The molecule has 4 atom stereocenters. The Balaban J connectivity index is 1.69. The Bertz CT molecular complexity index is 439. The maximum atomic E-state index is 4.53. The molecule has 21 heavy (non-hydrogen) atoms. The summed E-state index contributed by atoms with van der Waals surface area (Å²) in [6.45, 7) is 6.65. The van der Waals surface area contributed by atoms with Crippen LogP contribution in [0.2, 0.25) is 0 Å². The molecule has 118 valence electrons. The van der Waals surface area contributed by atoms with Crippen molar-refractivity contribution in [2.24, 2.45) is 17.8 Å². The van der Waals surface area contributed by atoms with Gasteiger partial charge >= 0.3 is 0 Å². The molecule has 2 bridgehead atoms. The third kappa shape index (κ3) is 3.33. The Morgan fingerprint density at radius 3 is 2.86 bits per heavy atom. The summed E-state index contributed by atoms with van der Waals surface area (Å²) in [5.41, 5.74) is 1.41. The SMILES string of the molecule is CCCNC(CC1CC2CCC1C2)c1ccnn1CCC. The number of fused-ring (bicyclic) bond motifs is 2. The number of hydrogen-bond donors (Lipinski definition) is 1. The molecule has 3 nitrogen and oxygen atoms in total. The van der Waals surface area contributed by atoms with E-state index in [0.29, 0.717) is 6.04 Å². The lowest BCUT2D eigenvalue weighted by Crippen LogP contribution is -2.28. The number of nitrogens with zero attached hydrogens (tertiary/aromatic N) is 2. The van der Waals surface area contributed by atoms with E-state index in [-0.39, 0.29) is 0 Å². The van der Waals surface area contributed by atoms with E-state index in [2.05, 4.69) is 35.0 Å². The Morgan fingerprint density at radius 1 is 1.29 bits per heavy atom. The van der Waals surface area contributed by atoms with Crippen LogP contribution in [0.25, 0.3) is 0 Å². The molecule has 0 aromatic carbocycles. The molecule has 1 aromatic heterocycles. The second-order valence-corrected chi connectivity index (χ2v) is 7.16. The van der Waals surface area contributed by atoms with Gasteiger partial charge in [-0.1, -0.05) is 20.3 Å². The van der Waals surface area contributed by atoms with Crippen molar-refractivity contribution in [2.75, 3.05) is 6.54 Å². The van der Waals surface area contributed by atoms with Crippen LogP contribution in [0.15, 0.2) is 12.3 Å². The number of rotatable bonds is 8. The second kappa shape index (κ2) is 6.95. The fraction of sp³-hybridized carbons (Fsp3) is 0.833. The summed E-state index contributed by atoms with van der Waals surface area (Å²) in [5.74, 6) is 3.01. The molecule has 2 saturated carbocycles. The molecule has 1 N–H and O–H groups in total. The fourth-order valence-electron chi connectivity index (χ4n) is 4.63. The maximum absolute atomic E-state index is 4.53. The van der Waals surface area contributed by atoms with Crippen molar-refractivity contribution in [3.63, 3.8) is 0 Å². The van der Waals surface area contributed by atoms with Crippen molar-refractivity contribution in [2.45, 2.75) is 71.4 Å². The molecule has 4 unspecified atom stereocenters. The molecule has 0 amide bonds. The molecule has 0 spiro atoms. The van der Waals surface area contributed by atoms with Gasteiger partial charge in [0.1, 0.15) is 0 Å². The predicted molar refractivity (Wildman–Crippen MR) is 87.1 cm³/mol. The van der Waals surface area contributed by atoms with E-state index in [0.717, 1.165) is 37.3 Å². The monoisotopic (exact) mass is 289 g/mol. The third-order valence-corrected chi connectivity index (χ3v) is 5.61. The van der Waals surface area contributed by atoms with Crippen LogP contribution in [0.1, 0.15) is 70.5 Å². The highest BCUT2D eigenvalue weighted by Gasteiger charge is 2.40. The first kappa shape index (κ1) is 15.1. The Kier molecular flexibility index (Phi) is 4.99. The summed E-state index contributed by atoms with van der Waals surface area (Å²) in [7, 11) is 0. The van der Waals surface area contributed by atoms with Crippen LogP contribution in [-0.4, -0.2) is 16.3 Å². The van der Waals surface area contributed by atoms with Crippen molar-refractivity contribution in [1.29, 1.82) is 0 Å². The van der Waals surface area contributed by atoms with Crippen molar-refractivity contribution in [3.8, 4) is 0 Å². The third-order valence-electron chi connectivity index (χ3n) is 5.61.